The Morgan fingerprint density at radius 2 is 1.93 bits per heavy atom. The maximum absolute atomic E-state index is 12.9. The molecule has 0 unspecified atom stereocenters. The van der Waals surface area contributed by atoms with E-state index in [1.165, 1.54) is 23.9 Å². The summed E-state index contributed by atoms with van der Waals surface area (Å²) < 4.78 is 3.17. The molecule has 3 aromatic rings. The lowest BCUT2D eigenvalue weighted by Crippen LogP contribution is -2.39. The molecule has 1 aliphatic rings. The number of aromatic nitrogens is 3. The van der Waals surface area contributed by atoms with Gasteiger partial charge in [0.1, 0.15) is 11.6 Å². The molecular weight excluding hydrogens is 354 g/mol. The van der Waals surface area contributed by atoms with Gasteiger partial charge in [0.25, 0.3) is 5.56 Å². The van der Waals surface area contributed by atoms with E-state index in [-0.39, 0.29) is 11.5 Å². The summed E-state index contributed by atoms with van der Waals surface area (Å²) in [7, 11) is 1.63. The van der Waals surface area contributed by atoms with Crippen molar-refractivity contribution < 1.29 is 4.79 Å². The van der Waals surface area contributed by atoms with Crippen LogP contribution in [0, 0.1) is 0 Å². The maximum atomic E-state index is 12.9. The average Bonchev–Trinajstić information content (AvgIpc) is 3.06. The van der Waals surface area contributed by atoms with Crippen LogP contribution < -0.4 is 10.9 Å². The van der Waals surface area contributed by atoms with Gasteiger partial charge in [0.15, 0.2) is 0 Å². The van der Waals surface area contributed by atoms with Crippen molar-refractivity contribution >= 4 is 27.7 Å². The van der Waals surface area contributed by atoms with Crippen LogP contribution in [-0.4, -0.2) is 51.3 Å². The van der Waals surface area contributed by atoms with E-state index < -0.39 is 6.04 Å². The van der Waals surface area contributed by atoms with Gasteiger partial charge in [-0.25, -0.2) is 4.68 Å². The molecule has 1 aliphatic heterocycles. The first-order valence-electron chi connectivity index (χ1n) is 10.0. The Morgan fingerprint density at radius 1 is 1.18 bits per heavy atom. The molecule has 1 N–H and O–H groups in total. The third kappa shape index (κ3) is 3.30. The minimum Gasteiger partial charge on any atom is -0.353 e. The second kappa shape index (κ2) is 7.75. The van der Waals surface area contributed by atoms with Crippen LogP contribution in [0.4, 0.5) is 0 Å². The highest BCUT2D eigenvalue weighted by atomic mass is 16.2. The van der Waals surface area contributed by atoms with Gasteiger partial charge < -0.3 is 14.8 Å². The van der Waals surface area contributed by atoms with Crippen LogP contribution >= 0.6 is 0 Å². The quantitative estimate of drug-likeness (QED) is 0.734. The summed E-state index contributed by atoms with van der Waals surface area (Å²) in [6.45, 7) is 5.57. The number of amides is 1. The lowest BCUT2D eigenvalue weighted by atomic mass is 10.1. The summed E-state index contributed by atoms with van der Waals surface area (Å²) in [5.41, 5.74) is 1.21. The molecule has 2 aromatic heterocycles. The number of aryl methyl sites for hydroxylation is 1. The smallest absolute Gasteiger partial charge is 0.291 e. The van der Waals surface area contributed by atoms with Crippen molar-refractivity contribution in [3.8, 4) is 0 Å². The van der Waals surface area contributed by atoms with Gasteiger partial charge >= 0.3 is 0 Å². The molecule has 148 valence electrons. The first kappa shape index (κ1) is 18.7. The summed E-state index contributed by atoms with van der Waals surface area (Å²) in [6, 6.07) is 7.30. The van der Waals surface area contributed by atoms with E-state index >= 15 is 0 Å². The summed E-state index contributed by atoms with van der Waals surface area (Å²) in [5, 5.41) is 8.94. The molecule has 7 nitrogen and oxygen atoms in total. The molecule has 1 fully saturated rings. The Morgan fingerprint density at radius 3 is 2.71 bits per heavy atom. The van der Waals surface area contributed by atoms with Gasteiger partial charge in [-0.2, -0.15) is 5.10 Å². The minimum atomic E-state index is -0.487. The number of carbonyl (C=O) groups is 1. The van der Waals surface area contributed by atoms with Crippen LogP contribution in [0.3, 0.4) is 0 Å². The zero-order valence-corrected chi connectivity index (χ0v) is 16.5. The summed E-state index contributed by atoms with van der Waals surface area (Å²) in [5.74, 6) is -0.0708. The second-order valence-corrected chi connectivity index (χ2v) is 7.59. The Bertz CT molecular complexity index is 1060. The van der Waals surface area contributed by atoms with E-state index in [9.17, 15) is 9.59 Å². The predicted molar refractivity (Wildman–Crippen MR) is 110 cm³/mol. The van der Waals surface area contributed by atoms with Crippen LogP contribution in [0.25, 0.3) is 21.8 Å². The van der Waals surface area contributed by atoms with Crippen LogP contribution in [-0.2, 0) is 11.8 Å². The molecule has 4 rings (SSSR count). The van der Waals surface area contributed by atoms with E-state index in [2.05, 4.69) is 15.3 Å². The van der Waals surface area contributed by atoms with Gasteiger partial charge in [-0.05, 0) is 38.9 Å². The van der Waals surface area contributed by atoms with Crippen molar-refractivity contribution in [3.63, 3.8) is 0 Å². The molecule has 7 heteroatoms. The molecular formula is C21H27N5O2. The topological polar surface area (TPSA) is 72.2 Å². The van der Waals surface area contributed by atoms with E-state index in [1.54, 1.807) is 13.2 Å². The molecule has 3 heterocycles. The number of nitrogens with one attached hydrogen (secondary N) is 1. The largest absolute Gasteiger partial charge is 0.353 e. The minimum absolute atomic E-state index is 0.0708. The van der Waals surface area contributed by atoms with Gasteiger partial charge in [0, 0.05) is 30.9 Å². The van der Waals surface area contributed by atoms with Crippen molar-refractivity contribution in [2.24, 2.45) is 7.05 Å². The van der Waals surface area contributed by atoms with E-state index in [1.807, 2.05) is 35.8 Å². The summed E-state index contributed by atoms with van der Waals surface area (Å²) in [4.78, 5) is 28.1. The number of rotatable bonds is 5. The predicted octanol–water partition coefficient (Wildman–Crippen LogP) is 2.05. The van der Waals surface area contributed by atoms with Crippen LogP contribution in [0.1, 0.15) is 32.2 Å². The zero-order valence-electron chi connectivity index (χ0n) is 16.5. The highest BCUT2D eigenvalue weighted by Gasteiger charge is 2.23. The van der Waals surface area contributed by atoms with E-state index in [0.717, 1.165) is 35.9 Å². The van der Waals surface area contributed by atoms with Gasteiger partial charge in [-0.15, -0.1) is 0 Å². The standard InChI is InChI=1S/C21H27N5O2/c1-15(20(27)22-10-13-25-11-6-3-7-12-25)26-18-9-5-4-8-16(18)17-14-23-24(2)21(28)19(17)26/h4-5,8-9,14-15H,3,6-7,10-13H2,1-2H3,(H,22,27)/t15-/m0/s1. The molecule has 1 aromatic carbocycles. The number of hydrogen-bond acceptors (Lipinski definition) is 4. The third-order valence-corrected chi connectivity index (χ3v) is 5.75. The Kier molecular flexibility index (Phi) is 5.17. The highest BCUT2D eigenvalue weighted by Crippen LogP contribution is 2.29. The molecule has 0 saturated carbocycles. The molecule has 0 aliphatic carbocycles. The normalized spacial score (nSPS) is 16.5. The molecule has 1 atom stereocenters. The number of likely N-dealkylation sites (tertiary alicyclic amines) is 1. The summed E-state index contributed by atoms with van der Waals surface area (Å²) >= 11 is 0. The summed E-state index contributed by atoms with van der Waals surface area (Å²) in [6.07, 6.45) is 5.49. The monoisotopic (exact) mass is 381 g/mol. The van der Waals surface area contributed by atoms with Crippen LogP contribution in [0.2, 0.25) is 0 Å². The Hall–Kier alpha value is -2.67. The number of fused-ring (bicyclic) bond motifs is 3. The molecule has 0 bridgehead atoms. The van der Waals surface area contributed by atoms with Crippen molar-refractivity contribution in [1.82, 2.24) is 24.6 Å². The molecule has 0 radical (unpaired) electrons. The molecule has 1 amide bonds. The van der Waals surface area contributed by atoms with Crippen LogP contribution in [0.15, 0.2) is 35.3 Å². The zero-order chi connectivity index (χ0) is 19.7. The molecule has 28 heavy (non-hydrogen) atoms. The lowest BCUT2D eigenvalue weighted by Gasteiger charge is -2.26. The van der Waals surface area contributed by atoms with Gasteiger partial charge in [-0.3, -0.25) is 9.59 Å². The van der Waals surface area contributed by atoms with E-state index in [4.69, 9.17) is 0 Å². The van der Waals surface area contributed by atoms with Crippen molar-refractivity contribution in [2.75, 3.05) is 26.2 Å². The maximum Gasteiger partial charge on any atom is 0.291 e. The third-order valence-electron chi connectivity index (χ3n) is 5.75. The van der Waals surface area contributed by atoms with Gasteiger partial charge in [0.05, 0.1) is 11.7 Å². The van der Waals surface area contributed by atoms with Gasteiger partial charge in [-0.1, -0.05) is 24.6 Å². The number of benzene rings is 1. The Labute approximate surface area is 163 Å². The number of nitrogens with zero attached hydrogens (tertiary/aromatic N) is 4. The van der Waals surface area contributed by atoms with Crippen molar-refractivity contribution in [1.29, 1.82) is 0 Å². The van der Waals surface area contributed by atoms with Gasteiger partial charge in [0.2, 0.25) is 5.91 Å². The molecule has 1 saturated heterocycles. The van der Waals surface area contributed by atoms with Crippen molar-refractivity contribution in [2.45, 2.75) is 32.2 Å². The SMILES string of the molecule is C[C@@H](C(=O)NCCN1CCCCC1)n1c2ccccc2c2cnn(C)c(=O)c21. The number of carbonyl (C=O) groups excluding carboxylic acids is 1. The van der Waals surface area contributed by atoms with Crippen molar-refractivity contribution in [3.05, 3.63) is 40.8 Å². The number of hydrogen-bond donors (Lipinski definition) is 1. The first-order chi connectivity index (χ1) is 13.6. The van der Waals surface area contributed by atoms with E-state index in [0.29, 0.717) is 12.1 Å². The van der Waals surface area contributed by atoms with Crippen LogP contribution in [0.5, 0.6) is 0 Å². The number of piperidine rings is 1. The lowest BCUT2D eigenvalue weighted by molar-refractivity contribution is -0.123. The fourth-order valence-corrected chi connectivity index (χ4v) is 4.18. The molecule has 0 spiro atoms. The fraction of sp³-hybridized carbons (Fsp3) is 0.476. The fourth-order valence-electron chi connectivity index (χ4n) is 4.18. The highest BCUT2D eigenvalue weighted by molar-refractivity contribution is 6.08. The first-order valence-corrected chi connectivity index (χ1v) is 10.0. The second-order valence-electron chi connectivity index (χ2n) is 7.59. The number of para-hydroxylation sites is 1. The average molecular weight is 381 g/mol. The Balaban J connectivity index is 1.62.